The Morgan fingerprint density at radius 1 is 1.33 bits per heavy atom. The molecule has 2 aromatic rings. The molecule has 2 rings (SSSR count). The second-order valence-electron chi connectivity index (χ2n) is 4.53. The first-order chi connectivity index (χ1) is 8.58. The van der Waals surface area contributed by atoms with Gasteiger partial charge in [-0.2, -0.15) is 0 Å². The Morgan fingerprint density at radius 2 is 2.06 bits per heavy atom. The fraction of sp³-hybridized carbons (Fsp3) is 0.357. The average Bonchev–Trinajstić information content (AvgIpc) is 2.36. The Bertz CT molecular complexity index is 579. The normalized spacial score (nSPS) is 10.7. The number of rotatable bonds is 3. The van der Waals surface area contributed by atoms with E-state index in [4.69, 9.17) is 10.5 Å². The van der Waals surface area contributed by atoms with Gasteiger partial charge in [0, 0.05) is 37.4 Å². The van der Waals surface area contributed by atoms with E-state index >= 15 is 0 Å². The molecule has 0 saturated heterocycles. The molecule has 4 heteroatoms. The van der Waals surface area contributed by atoms with Crippen LogP contribution in [0, 0.1) is 6.92 Å². The number of benzene rings is 1. The van der Waals surface area contributed by atoms with Gasteiger partial charge in [0.05, 0.1) is 7.11 Å². The van der Waals surface area contributed by atoms with Gasteiger partial charge in [0.25, 0.3) is 0 Å². The summed E-state index contributed by atoms with van der Waals surface area (Å²) in [7, 11) is 5.71. The number of ether oxygens (including phenoxy) is 1. The van der Waals surface area contributed by atoms with E-state index in [2.05, 4.69) is 16.0 Å². The zero-order valence-corrected chi connectivity index (χ0v) is 11.3. The van der Waals surface area contributed by atoms with Crippen molar-refractivity contribution in [2.45, 2.75) is 13.5 Å². The number of hydrogen-bond donors (Lipinski definition) is 1. The lowest BCUT2D eigenvalue weighted by Gasteiger charge is -2.19. The Hall–Kier alpha value is -1.81. The lowest BCUT2D eigenvalue weighted by atomic mass is 10.0. The molecule has 96 valence electrons. The topological polar surface area (TPSA) is 51.4 Å². The number of aryl methyl sites for hydroxylation is 1. The SMILES string of the molecule is COc1ccc(CN)c2c(N(C)C)cc(C)nc12. The van der Waals surface area contributed by atoms with Crippen LogP contribution in [0.25, 0.3) is 10.9 Å². The number of nitrogens with two attached hydrogens (primary N) is 1. The van der Waals surface area contributed by atoms with Crippen molar-refractivity contribution in [1.82, 2.24) is 4.98 Å². The summed E-state index contributed by atoms with van der Waals surface area (Å²) in [6, 6.07) is 6.00. The maximum Gasteiger partial charge on any atom is 0.145 e. The van der Waals surface area contributed by atoms with E-state index in [0.29, 0.717) is 6.54 Å². The van der Waals surface area contributed by atoms with Crippen molar-refractivity contribution in [2.24, 2.45) is 5.73 Å². The molecule has 0 spiro atoms. The van der Waals surface area contributed by atoms with Gasteiger partial charge < -0.3 is 15.4 Å². The molecule has 0 aliphatic carbocycles. The number of pyridine rings is 1. The molecular formula is C14H19N3O. The lowest BCUT2D eigenvalue weighted by molar-refractivity contribution is 0.418. The summed E-state index contributed by atoms with van der Waals surface area (Å²) >= 11 is 0. The summed E-state index contributed by atoms with van der Waals surface area (Å²) in [6.07, 6.45) is 0. The fourth-order valence-corrected chi connectivity index (χ4v) is 2.18. The molecule has 1 heterocycles. The minimum absolute atomic E-state index is 0.492. The van der Waals surface area contributed by atoms with E-state index < -0.39 is 0 Å². The molecule has 4 nitrogen and oxygen atoms in total. The number of nitrogens with zero attached hydrogens (tertiary/aromatic N) is 2. The van der Waals surface area contributed by atoms with Crippen molar-refractivity contribution < 1.29 is 4.74 Å². The van der Waals surface area contributed by atoms with Gasteiger partial charge in [0.2, 0.25) is 0 Å². The molecule has 0 aliphatic rings. The molecule has 1 aromatic carbocycles. The van der Waals surface area contributed by atoms with Crippen molar-refractivity contribution in [3.8, 4) is 5.75 Å². The van der Waals surface area contributed by atoms with Crippen LogP contribution in [0.15, 0.2) is 18.2 Å². The lowest BCUT2D eigenvalue weighted by Crippen LogP contribution is -2.12. The number of anilines is 1. The Labute approximate surface area is 107 Å². The molecule has 18 heavy (non-hydrogen) atoms. The van der Waals surface area contributed by atoms with Crippen LogP contribution in [0.5, 0.6) is 5.75 Å². The molecular weight excluding hydrogens is 226 g/mol. The van der Waals surface area contributed by atoms with Crippen molar-refractivity contribution in [2.75, 3.05) is 26.1 Å². The van der Waals surface area contributed by atoms with Gasteiger partial charge in [-0.1, -0.05) is 6.07 Å². The van der Waals surface area contributed by atoms with Crippen LogP contribution < -0.4 is 15.4 Å². The summed E-state index contributed by atoms with van der Waals surface area (Å²) in [5.41, 5.74) is 9.88. The second-order valence-corrected chi connectivity index (χ2v) is 4.53. The zero-order valence-electron chi connectivity index (χ0n) is 11.3. The standard InChI is InChI=1S/C14H19N3O/c1-9-7-11(17(2)3)13-10(8-15)5-6-12(18-4)14(13)16-9/h5-7H,8,15H2,1-4H3. The third kappa shape index (κ3) is 1.99. The van der Waals surface area contributed by atoms with Crippen LogP contribution in [0.2, 0.25) is 0 Å². The third-order valence-corrected chi connectivity index (χ3v) is 3.04. The number of fused-ring (bicyclic) bond motifs is 1. The van der Waals surface area contributed by atoms with Crippen molar-refractivity contribution in [1.29, 1.82) is 0 Å². The van der Waals surface area contributed by atoms with Crippen LogP contribution in [-0.2, 0) is 6.54 Å². The molecule has 0 atom stereocenters. The highest BCUT2D eigenvalue weighted by atomic mass is 16.5. The molecule has 2 N–H and O–H groups in total. The van der Waals surface area contributed by atoms with Crippen molar-refractivity contribution in [3.05, 3.63) is 29.5 Å². The first-order valence-corrected chi connectivity index (χ1v) is 5.93. The molecule has 0 fully saturated rings. The summed E-state index contributed by atoms with van der Waals surface area (Å²) in [5.74, 6) is 0.786. The summed E-state index contributed by atoms with van der Waals surface area (Å²) < 4.78 is 5.39. The van der Waals surface area contributed by atoms with Gasteiger partial charge in [-0.15, -0.1) is 0 Å². The highest BCUT2D eigenvalue weighted by Gasteiger charge is 2.13. The Kier molecular flexibility index (Phi) is 3.39. The second kappa shape index (κ2) is 4.82. The minimum atomic E-state index is 0.492. The predicted octanol–water partition coefficient (Wildman–Crippen LogP) is 2.08. The van der Waals surface area contributed by atoms with Gasteiger partial charge >= 0.3 is 0 Å². The van der Waals surface area contributed by atoms with E-state index in [1.807, 2.05) is 33.2 Å². The zero-order chi connectivity index (χ0) is 13.3. The first-order valence-electron chi connectivity index (χ1n) is 5.93. The maximum atomic E-state index is 5.83. The predicted molar refractivity (Wildman–Crippen MR) is 75.3 cm³/mol. The van der Waals surface area contributed by atoms with Gasteiger partial charge in [0.15, 0.2) is 0 Å². The van der Waals surface area contributed by atoms with Crippen LogP contribution in [0.3, 0.4) is 0 Å². The van der Waals surface area contributed by atoms with Gasteiger partial charge in [-0.05, 0) is 24.6 Å². The summed E-state index contributed by atoms with van der Waals surface area (Å²) in [6.45, 7) is 2.48. The van der Waals surface area contributed by atoms with E-state index in [-0.39, 0.29) is 0 Å². The maximum absolute atomic E-state index is 5.83. The summed E-state index contributed by atoms with van der Waals surface area (Å²) in [5, 5.41) is 1.08. The van der Waals surface area contributed by atoms with E-state index in [0.717, 1.165) is 33.6 Å². The average molecular weight is 245 g/mol. The van der Waals surface area contributed by atoms with Crippen LogP contribution in [0.4, 0.5) is 5.69 Å². The van der Waals surface area contributed by atoms with Crippen LogP contribution in [-0.4, -0.2) is 26.2 Å². The summed E-state index contributed by atoms with van der Waals surface area (Å²) in [4.78, 5) is 6.67. The molecule has 1 aromatic heterocycles. The molecule has 0 saturated carbocycles. The highest BCUT2D eigenvalue weighted by Crippen LogP contribution is 2.34. The first kappa shape index (κ1) is 12.6. The van der Waals surface area contributed by atoms with Gasteiger partial charge in [-0.25, -0.2) is 4.98 Å². The Morgan fingerprint density at radius 3 is 2.61 bits per heavy atom. The number of methoxy groups -OCH3 is 1. The van der Waals surface area contributed by atoms with Gasteiger partial charge in [0.1, 0.15) is 11.3 Å². The number of aromatic nitrogens is 1. The molecule has 0 radical (unpaired) electrons. The van der Waals surface area contributed by atoms with E-state index in [1.54, 1.807) is 7.11 Å². The van der Waals surface area contributed by atoms with Gasteiger partial charge in [-0.3, -0.25) is 0 Å². The number of hydrogen-bond acceptors (Lipinski definition) is 4. The fourth-order valence-electron chi connectivity index (χ4n) is 2.18. The quantitative estimate of drug-likeness (QED) is 0.899. The largest absolute Gasteiger partial charge is 0.494 e. The third-order valence-electron chi connectivity index (χ3n) is 3.04. The van der Waals surface area contributed by atoms with E-state index in [9.17, 15) is 0 Å². The molecule has 0 aliphatic heterocycles. The molecule has 0 bridgehead atoms. The monoisotopic (exact) mass is 245 g/mol. The molecule has 0 amide bonds. The van der Waals surface area contributed by atoms with Crippen LogP contribution in [0.1, 0.15) is 11.3 Å². The van der Waals surface area contributed by atoms with Crippen molar-refractivity contribution >= 4 is 16.6 Å². The Balaban J connectivity index is 2.91. The van der Waals surface area contributed by atoms with Crippen LogP contribution >= 0.6 is 0 Å². The minimum Gasteiger partial charge on any atom is -0.494 e. The van der Waals surface area contributed by atoms with Crippen molar-refractivity contribution in [3.63, 3.8) is 0 Å². The highest BCUT2D eigenvalue weighted by molar-refractivity contribution is 5.98. The smallest absolute Gasteiger partial charge is 0.145 e. The van der Waals surface area contributed by atoms with E-state index in [1.165, 1.54) is 0 Å². The molecule has 0 unspecified atom stereocenters.